The third kappa shape index (κ3) is 4.46. The number of carboxylic acid groups (broad SMARTS) is 1. The van der Waals surface area contributed by atoms with Gasteiger partial charge >= 0.3 is 5.97 Å². The average molecular weight is 255 g/mol. The topological polar surface area (TPSA) is 75.6 Å². The van der Waals surface area contributed by atoms with Crippen LogP contribution in [-0.2, 0) is 9.53 Å². The number of amides is 1. The summed E-state index contributed by atoms with van der Waals surface area (Å²) in [7, 11) is 1.44. The number of hydrogen-bond acceptors (Lipinski definition) is 4. The number of hydrogen-bond donors (Lipinski definition) is 2. The molecule has 0 saturated carbocycles. The van der Waals surface area contributed by atoms with E-state index >= 15 is 0 Å². The number of carboxylic acids is 1. The number of thioether (sulfide) groups is 1. The van der Waals surface area contributed by atoms with E-state index in [1.165, 1.54) is 7.11 Å². The van der Waals surface area contributed by atoms with Crippen LogP contribution in [0.25, 0.3) is 0 Å². The Kier molecular flexibility index (Phi) is 5.51. The Morgan fingerprint density at radius 3 is 2.59 bits per heavy atom. The Labute approximate surface area is 103 Å². The van der Waals surface area contributed by atoms with Gasteiger partial charge in [-0.15, -0.1) is 0 Å². The lowest BCUT2D eigenvalue weighted by atomic mass is 10.1. The molecule has 0 fully saturated rings. The van der Waals surface area contributed by atoms with Crippen LogP contribution in [0.1, 0.15) is 10.8 Å². The Morgan fingerprint density at radius 1 is 1.41 bits per heavy atom. The molecule has 0 aliphatic rings. The third-order valence-electron chi connectivity index (χ3n) is 1.91. The quantitative estimate of drug-likeness (QED) is 0.785. The molecule has 0 radical (unpaired) electrons. The molecule has 1 amide bonds. The van der Waals surface area contributed by atoms with E-state index in [0.717, 1.165) is 0 Å². The molecule has 92 valence electrons. The van der Waals surface area contributed by atoms with Gasteiger partial charge in [0.15, 0.2) is 0 Å². The molecule has 1 atom stereocenters. The molecular weight excluding hydrogens is 242 g/mol. The summed E-state index contributed by atoms with van der Waals surface area (Å²) in [6, 6.07) is 8.61. The second-order valence-electron chi connectivity index (χ2n) is 3.14. The smallest absolute Gasteiger partial charge is 0.321 e. The number of methoxy groups -OCH3 is 1. The highest BCUT2D eigenvalue weighted by Crippen LogP contribution is 2.29. The predicted molar refractivity (Wildman–Crippen MR) is 64.8 cm³/mol. The summed E-state index contributed by atoms with van der Waals surface area (Å²) < 4.78 is 4.67. The van der Waals surface area contributed by atoms with Crippen LogP contribution in [0.3, 0.4) is 0 Å². The van der Waals surface area contributed by atoms with Crippen LogP contribution in [0.4, 0.5) is 4.79 Å². The fourth-order valence-corrected chi connectivity index (χ4v) is 1.92. The van der Waals surface area contributed by atoms with Gasteiger partial charge in [0.2, 0.25) is 0 Å². The highest BCUT2D eigenvalue weighted by molar-refractivity contribution is 8.14. The zero-order valence-corrected chi connectivity index (χ0v) is 10.1. The van der Waals surface area contributed by atoms with Crippen LogP contribution >= 0.6 is 11.8 Å². The van der Waals surface area contributed by atoms with Crippen molar-refractivity contribution in [3.8, 4) is 0 Å². The van der Waals surface area contributed by atoms with Crippen LogP contribution in [-0.4, -0.2) is 30.2 Å². The van der Waals surface area contributed by atoms with E-state index in [2.05, 4.69) is 10.1 Å². The van der Waals surface area contributed by atoms with Crippen molar-refractivity contribution >= 4 is 23.0 Å². The van der Waals surface area contributed by atoms with Crippen LogP contribution in [0, 0.1) is 0 Å². The first-order valence-electron chi connectivity index (χ1n) is 4.86. The Morgan fingerprint density at radius 2 is 2.06 bits per heavy atom. The van der Waals surface area contributed by atoms with Gasteiger partial charge in [0.1, 0.15) is 12.0 Å². The summed E-state index contributed by atoms with van der Waals surface area (Å²) in [6.45, 7) is 0.0625. The predicted octanol–water partition coefficient (Wildman–Crippen LogP) is 1.86. The van der Waals surface area contributed by atoms with Crippen molar-refractivity contribution in [1.82, 2.24) is 5.32 Å². The molecular formula is C11H13NO4S. The number of aliphatic carboxylic acids is 1. The van der Waals surface area contributed by atoms with E-state index in [9.17, 15) is 9.59 Å². The zero-order valence-electron chi connectivity index (χ0n) is 9.25. The average Bonchev–Trinajstić information content (AvgIpc) is 2.34. The maximum Gasteiger partial charge on any atom is 0.321 e. The van der Waals surface area contributed by atoms with Crippen molar-refractivity contribution in [2.24, 2.45) is 0 Å². The van der Waals surface area contributed by atoms with Gasteiger partial charge in [-0.1, -0.05) is 30.3 Å². The van der Waals surface area contributed by atoms with Crippen molar-refractivity contribution in [2.45, 2.75) is 5.25 Å². The van der Waals surface area contributed by atoms with Gasteiger partial charge in [0.05, 0.1) is 0 Å². The molecule has 1 aromatic carbocycles. The maximum absolute atomic E-state index is 11.4. The number of carbonyl (C=O) groups excluding carboxylic acids is 1. The number of carbonyl (C=O) groups is 2. The van der Waals surface area contributed by atoms with Crippen LogP contribution < -0.4 is 5.32 Å². The lowest BCUT2D eigenvalue weighted by Crippen LogP contribution is -2.23. The number of ether oxygens (including phenoxy) is 1. The molecule has 0 aliphatic heterocycles. The number of nitrogens with one attached hydrogen (secondary N) is 1. The van der Waals surface area contributed by atoms with Gasteiger partial charge in [0.25, 0.3) is 5.24 Å². The summed E-state index contributed by atoms with van der Waals surface area (Å²) in [5.41, 5.74) is 0.581. The third-order valence-corrected chi connectivity index (χ3v) is 2.98. The minimum Gasteiger partial charge on any atom is -0.480 e. The van der Waals surface area contributed by atoms with E-state index in [-0.39, 0.29) is 6.73 Å². The minimum atomic E-state index is -1.05. The fraction of sp³-hybridized carbons (Fsp3) is 0.273. The second-order valence-corrected chi connectivity index (χ2v) is 4.22. The molecule has 1 unspecified atom stereocenters. The Balaban J connectivity index is 2.68. The summed E-state index contributed by atoms with van der Waals surface area (Å²) >= 11 is 0.716. The van der Waals surface area contributed by atoms with E-state index in [0.29, 0.717) is 17.3 Å². The summed E-state index contributed by atoms with van der Waals surface area (Å²) in [4.78, 5) is 22.5. The van der Waals surface area contributed by atoms with Gasteiger partial charge in [0, 0.05) is 7.11 Å². The van der Waals surface area contributed by atoms with E-state index in [1.807, 2.05) is 0 Å². The van der Waals surface area contributed by atoms with Crippen LogP contribution in [0.2, 0.25) is 0 Å². The molecule has 0 heterocycles. The number of rotatable bonds is 5. The molecule has 1 rings (SSSR count). The van der Waals surface area contributed by atoms with E-state index < -0.39 is 16.5 Å². The Hall–Kier alpha value is -1.53. The molecule has 0 bridgehead atoms. The largest absolute Gasteiger partial charge is 0.480 e. The normalized spacial score (nSPS) is 11.8. The SMILES string of the molecule is COCNC(=O)SC(C(=O)O)c1ccccc1. The highest BCUT2D eigenvalue weighted by Gasteiger charge is 2.23. The van der Waals surface area contributed by atoms with E-state index in [4.69, 9.17) is 5.11 Å². The first kappa shape index (κ1) is 13.5. The number of benzene rings is 1. The Bertz CT molecular complexity index is 382. The lowest BCUT2D eigenvalue weighted by molar-refractivity contribution is -0.136. The molecule has 6 heteroatoms. The maximum atomic E-state index is 11.4. The fourth-order valence-electron chi connectivity index (χ4n) is 1.17. The molecule has 17 heavy (non-hydrogen) atoms. The first-order valence-corrected chi connectivity index (χ1v) is 5.74. The van der Waals surface area contributed by atoms with Crippen molar-refractivity contribution in [1.29, 1.82) is 0 Å². The van der Waals surface area contributed by atoms with Crippen molar-refractivity contribution in [2.75, 3.05) is 13.8 Å². The van der Waals surface area contributed by atoms with Gasteiger partial charge in [-0.3, -0.25) is 9.59 Å². The highest BCUT2D eigenvalue weighted by atomic mass is 32.2. The van der Waals surface area contributed by atoms with Gasteiger partial charge in [-0.2, -0.15) is 0 Å². The summed E-state index contributed by atoms with van der Waals surface area (Å²) in [6.07, 6.45) is 0. The molecule has 2 N–H and O–H groups in total. The van der Waals surface area contributed by atoms with Crippen LogP contribution in [0.15, 0.2) is 30.3 Å². The molecule has 0 saturated heterocycles. The van der Waals surface area contributed by atoms with E-state index in [1.54, 1.807) is 30.3 Å². The zero-order chi connectivity index (χ0) is 12.7. The van der Waals surface area contributed by atoms with Gasteiger partial charge in [-0.25, -0.2) is 0 Å². The first-order chi connectivity index (χ1) is 8.15. The molecule has 0 aliphatic carbocycles. The second kappa shape index (κ2) is 6.93. The monoisotopic (exact) mass is 255 g/mol. The van der Waals surface area contributed by atoms with Gasteiger partial charge < -0.3 is 15.2 Å². The van der Waals surface area contributed by atoms with Crippen LogP contribution in [0.5, 0.6) is 0 Å². The van der Waals surface area contributed by atoms with Gasteiger partial charge in [-0.05, 0) is 17.3 Å². The summed E-state index contributed by atoms with van der Waals surface area (Å²) in [5, 5.41) is 10.2. The molecule has 0 aromatic heterocycles. The van der Waals surface area contributed by atoms with Crippen molar-refractivity contribution in [3.63, 3.8) is 0 Å². The molecule has 5 nitrogen and oxygen atoms in total. The molecule has 0 spiro atoms. The van der Waals surface area contributed by atoms with Crippen molar-refractivity contribution in [3.05, 3.63) is 35.9 Å². The minimum absolute atomic E-state index is 0.0625. The summed E-state index contributed by atoms with van der Waals surface area (Å²) in [5.74, 6) is -1.05. The van der Waals surface area contributed by atoms with Crippen molar-refractivity contribution < 1.29 is 19.4 Å². The lowest BCUT2D eigenvalue weighted by Gasteiger charge is -2.11. The molecule has 1 aromatic rings. The standard InChI is InChI=1S/C11H13NO4S/c1-16-7-12-11(15)17-9(10(13)14)8-5-3-2-4-6-8/h2-6,9H,7H2,1H3,(H,12,15)(H,13,14).